The van der Waals surface area contributed by atoms with Crippen LogP contribution in [0.15, 0.2) is 23.1 Å². The minimum atomic E-state index is -3.68. The molecule has 134 valence electrons. The molecule has 24 heavy (non-hydrogen) atoms. The highest BCUT2D eigenvalue weighted by molar-refractivity contribution is 7.89. The van der Waals surface area contributed by atoms with Crippen LogP contribution >= 0.6 is 11.6 Å². The maximum atomic E-state index is 12.8. The normalized spacial score (nSPS) is 16.2. The molecule has 1 heterocycles. The van der Waals surface area contributed by atoms with E-state index in [2.05, 4.69) is 5.32 Å². The number of benzene rings is 1. The van der Waals surface area contributed by atoms with Gasteiger partial charge in [-0.1, -0.05) is 11.6 Å². The molecular weight excluding hydrogens is 352 g/mol. The second-order valence-electron chi connectivity index (χ2n) is 6.79. The largest absolute Gasteiger partial charge is 0.482 e. The zero-order valence-electron chi connectivity index (χ0n) is 14.1. The molecule has 1 aliphatic rings. The lowest BCUT2D eigenvalue weighted by Crippen LogP contribution is -2.43. The van der Waals surface area contributed by atoms with Crippen molar-refractivity contribution in [1.29, 1.82) is 0 Å². The Kier molecular flexibility index (Phi) is 5.78. The topological polar surface area (TPSA) is 75.7 Å². The number of rotatable bonds is 5. The number of carbonyl (C=O) groups excluding carboxylic acids is 1. The van der Waals surface area contributed by atoms with Crippen LogP contribution in [0.25, 0.3) is 0 Å². The molecule has 0 aromatic heterocycles. The Morgan fingerprint density at radius 2 is 1.92 bits per heavy atom. The number of nitrogens with one attached hydrogen (secondary N) is 1. The summed E-state index contributed by atoms with van der Waals surface area (Å²) in [6.07, 6.45) is 1.67. The number of sulfonamides is 1. The molecular formula is C16H23ClN2O4S. The Labute approximate surface area is 148 Å². The van der Waals surface area contributed by atoms with E-state index >= 15 is 0 Å². The molecule has 1 fully saturated rings. The molecule has 1 amide bonds. The molecule has 0 spiro atoms. The monoisotopic (exact) mass is 374 g/mol. The molecule has 1 N–H and O–H groups in total. The fraction of sp³-hybridized carbons (Fsp3) is 0.562. The van der Waals surface area contributed by atoms with Gasteiger partial charge in [0.2, 0.25) is 10.0 Å². The van der Waals surface area contributed by atoms with Crippen molar-refractivity contribution < 1.29 is 17.9 Å². The molecule has 0 atom stereocenters. The Morgan fingerprint density at radius 1 is 1.29 bits per heavy atom. The van der Waals surface area contributed by atoms with Crippen LogP contribution in [0, 0.1) is 0 Å². The molecule has 1 aliphatic heterocycles. The van der Waals surface area contributed by atoms with Gasteiger partial charge in [0.1, 0.15) is 10.6 Å². The highest BCUT2D eigenvalue weighted by Gasteiger charge is 2.30. The summed E-state index contributed by atoms with van der Waals surface area (Å²) in [6, 6.07) is 4.39. The first-order chi connectivity index (χ1) is 11.1. The van der Waals surface area contributed by atoms with Gasteiger partial charge in [-0.15, -0.1) is 0 Å². The van der Waals surface area contributed by atoms with Crippen molar-refractivity contribution in [3.63, 3.8) is 0 Å². The van der Waals surface area contributed by atoms with Crippen LogP contribution in [0.5, 0.6) is 5.75 Å². The van der Waals surface area contributed by atoms with Crippen molar-refractivity contribution >= 4 is 27.5 Å². The molecule has 1 saturated heterocycles. The van der Waals surface area contributed by atoms with Crippen LogP contribution in [0.2, 0.25) is 5.02 Å². The van der Waals surface area contributed by atoms with Gasteiger partial charge in [-0.05, 0) is 51.8 Å². The third kappa shape index (κ3) is 4.84. The van der Waals surface area contributed by atoms with Crippen molar-refractivity contribution in [3.8, 4) is 5.75 Å². The summed E-state index contributed by atoms with van der Waals surface area (Å²) >= 11 is 5.96. The van der Waals surface area contributed by atoms with Crippen molar-refractivity contribution in [1.82, 2.24) is 9.62 Å². The van der Waals surface area contributed by atoms with E-state index in [0.29, 0.717) is 18.1 Å². The van der Waals surface area contributed by atoms with Gasteiger partial charge in [0.15, 0.2) is 6.61 Å². The number of hydrogen-bond acceptors (Lipinski definition) is 4. The van der Waals surface area contributed by atoms with Crippen molar-refractivity contribution in [3.05, 3.63) is 23.2 Å². The Bertz CT molecular complexity index is 707. The molecule has 1 aromatic carbocycles. The first kappa shape index (κ1) is 19.0. The van der Waals surface area contributed by atoms with E-state index in [9.17, 15) is 13.2 Å². The summed E-state index contributed by atoms with van der Waals surface area (Å²) in [5.74, 6) is -0.183. The highest BCUT2D eigenvalue weighted by atomic mass is 35.5. The summed E-state index contributed by atoms with van der Waals surface area (Å²) in [5.41, 5.74) is -0.384. The Morgan fingerprint density at radius 3 is 2.50 bits per heavy atom. The van der Waals surface area contributed by atoms with Crippen LogP contribution in [-0.2, 0) is 14.8 Å². The molecule has 2 rings (SSSR count). The second-order valence-corrected chi connectivity index (χ2v) is 9.13. The zero-order chi connectivity index (χ0) is 18.0. The third-order valence-electron chi connectivity index (χ3n) is 3.46. The van der Waals surface area contributed by atoms with E-state index < -0.39 is 10.0 Å². The van der Waals surface area contributed by atoms with Gasteiger partial charge >= 0.3 is 0 Å². The highest BCUT2D eigenvalue weighted by Crippen LogP contribution is 2.31. The number of ether oxygens (including phenoxy) is 1. The van der Waals surface area contributed by atoms with Gasteiger partial charge < -0.3 is 10.1 Å². The standard InChI is InChI=1S/C16H23ClN2O4S/c1-16(2,3)18-15(20)11-23-13-7-6-12(17)10-14(13)24(21,22)19-8-4-5-9-19/h6-7,10H,4-5,8-9,11H2,1-3H3,(H,18,20). The quantitative estimate of drug-likeness (QED) is 0.858. The van der Waals surface area contributed by atoms with Crippen LogP contribution in [-0.4, -0.2) is 43.9 Å². The average molecular weight is 375 g/mol. The van der Waals surface area contributed by atoms with E-state index in [1.54, 1.807) is 6.07 Å². The minimum Gasteiger partial charge on any atom is -0.482 e. The molecule has 0 bridgehead atoms. The summed E-state index contributed by atoms with van der Waals surface area (Å²) < 4.78 is 32.4. The molecule has 6 nitrogen and oxygen atoms in total. The van der Waals surface area contributed by atoms with Gasteiger partial charge in [-0.2, -0.15) is 4.31 Å². The maximum Gasteiger partial charge on any atom is 0.258 e. The van der Waals surface area contributed by atoms with Crippen molar-refractivity contribution in [2.24, 2.45) is 0 Å². The molecule has 1 aromatic rings. The summed E-state index contributed by atoms with van der Waals surface area (Å²) in [6.45, 7) is 6.28. The van der Waals surface area contributed by atoms with Gasteiger partial charge in [0.05, 0.1) is 0 Å². The van der Waals surface area contributed by atoms with Crippen LogP contribution in [0.1, 0.15) is 33.6 Å². The lowest BCUT2D eigenvalue weighted by atomic mass is 10.1. The van der Waals surface area contributed by atoms with Crippen molar-refractivity contribution in [2.45, 2.75) is 44.0 Å². The van der Waals surface area contributed by atoms with Gasteiger partial charge in [0, 0.05) is 23.7 Å². The molecule has 0 radical (unpaired) electrons. The number of nitrogens with zero attached hydrogens (tertiary/aromatic N) is 1. The Balaban J connectivity index is 2.20. The SMILES string of the molecule is CC(C)(C)NC(=O)COc1ccc(Cl)cc1S(=O)(=O)N1CCCC1. The van der Waals surface area contributed by atoms with E-state index in [-0.39, 0.29) is 28.7 Å². The first-order valence-electron chi connectivity index (χ1n) is 7.83. The molecule has 0 saturated carbocycles. The van der Waals surface area contributed by atoms with Crippen LogP contribution in [0.3, 0.4) is 0 Å². The van der Waals surface area contributed by atoms with Gasteiger partial charge in [-0.25, -0.2) is 8.42 Å². The molecule has 0 unspecified atom stereocenters. The fourth-order valence-corrected chi connectivity index (χ4v) is 4.38. The maximum absolute atomic E-state index is 12.8. The summed E-state index contributed by atoms with van der Waals surface area (Å²) in [5, 5.41) is 3.07. The van der Waals surface area contributed by atoms with Crippen LogP contribution < -0.4 is 10.1 Å². The first-order valence-corrected chi connectivity index (χ1v) is 9.65. The fourth-order valence-electron chi connectivity index (χ4n) is 2.47. The van der Waals surface area contributed by atoms with E-state index in [1.165, 1.54) is 16.4 Å². The van der Waals surface area contributed by atoms with E-state index in [0.717, 1.165) is 12.8 Å². The van der Waals surface area contributed by atoms with E-state index in [4.69, 9.17) is 16.3 Å². The van der Waals surface area contributed by atoms with E-state index in [1.807, 2.05) is 20.8 Å². The number of amides is 1. The smallest absolute Gasteiger partial charge is 0.258 e. The summed E-state index contributed by atoms with van der Waals surface area (Å²) in [7, 11) is -3.68. The molecule has 8 heteroatoms. The lowest BCUT2D eigenvalue weighted by Gasteiger charge is -2.21. The van der Waals surface area contributed by atoms with Crippen molar-refractivity contribution in [2.75, 3.05) is 19.7 Å². The predicted molar refractivity (Wildman–Crippen MR) is 92.8 cm³/mol. The minimum absolute atomic E-state index is 0.000425. The number of halogens is 1. The van der Waals surface area contributed by atoms with Gasteiger partial charge in [-0.3, -0.25) is 4.79 Å². The van der Waals surface area contributed by atoms with Crippen LogP contribution in [0.4, 0.5) is 0 Å². The zero-order valence-corrected chi connectivity index (χ0v) is 15.7. The average Bonchev–Trinajstić information content (AvgIpc) is 2.99. The molecule has 0 aliphatic carbocycles. The van der Waals surface area contributed by atoms with Gasteiger partial charge in [0.25, 0.3) is 5.91 Å². The number of hydrogen-bond donors (Lipinski definition) is 1. The second kappa shape index (κ2) is 7.29. The third-order valence-corrected chi connectivity index (χ3v) is 5.62. The predicted octanol–water partition coefficient (Wildman–Crippen LogP) is 2.42. The Hall–Kier alpha value is -1.31. The summed E-state index contributed by atoms with van der Waals surface area (Å²) in [4.78, 5) is 11.9. The lowest BCUT2D eigenvalue weighted by molar-refractivity contribution is -0.124. The number of carbonyl (C=O) groups is 1.